The highest BCUT2D eigenvalue weighted by Crippen LogP contribution is 2.42. The van der Waals surface area contributed by atoms with E-state index >= 15 is 0 Å². The number of fused-ring (bicyclic) bond motifs is 1. The first kappa shape index (κ1) is 16.4. The first-order chi connectivity index (χ1) is 12.0. The van der Waals surface area contributed by atoms with Gasteiger partial charge in [-0.1, -0.05) is 31.4 Å². The SMILES string of the molecule is O=C1N(C2CCCCC2)C[C@@H]2[C@H](c3cccc([N+](=O)[O-])c3)NN[C@]12O. The minimum Gasteiger partial charge on any atom is -0.366 e. The second-order valence-corrected chi connectivity index (χ2v) is 7.22. The summed E-state index contributed by atoms with van der Waals surface area (Å²) in [6, 6.07) is 6.17. The fourth-order valence-corrected chi connectivity index (χ4v) is 4.44. The van der Waals surface area contributed by atoms with Gasteiger partial charge in [0, 0.05) is 24.7 Å². The van der Waals surface area contributed by atoms with Gasteiger partial charge in [-0.2, -0.15) is 0 Å². The van der Waals surface area contributed by atoms with Gasteiger partial charge in [-0.3, -0.25) is 14.9 Å². The molecular weight excluding hydrogens is 324 g/mol. The minimum absolute atomic E-state index is 0.00296. The lowest BCUT2D eigenvalue weighted by Crippen LogP contribution is -2.54. The van der Waals surface area contributed by atoms with Gasteiger partial charge in [-0.15, -0.1) is 0 Å². The molecule has 3 atom stereocenters. The molecule has 0 spiro atoms. The molecule has 2 saturated heterocycles. The molecule has 3 fully saturated rings. The maximum Gasteiger partial charge on any atom is 0.271 e. The molecule has 1 aromatic rings. The Morgan fingerprint density at radius 1 is 1.28 bits per heavy atom. The monoisotopic (exact) mass is 346 g/mol. The summed E-state index contributed by atoms with van der Waals surface area (Å²) in [6.07, 6.45) is 5.37. The number of nitrogens with zero attached hydrogens (tertiary/aromatic N) is 2. The zero-order chi connectivity index (χ0) is 17.6. The normalized spacial score (nSPS) is 32.8. The second kappa shape index (κ2) is 6.05. The van der Waals surface area contributed by atoms with Crippen molar-refractivity contribution in [3.05, 3.63) is 39.9 Å². The van der Waals surface area contributed by atoms with E-state index in [-0.39, 0.29) is 29.6 Å². The van der Waals surface area contributed by atoms with Crippen LogP contribution in [0.4, 0.5) is 5.69 Å². The first-order valence-corrected chi connectivity index (χ1v) is 8.81. The van der Waals surface area contributed by atoms with E-state index in [0.717, 1.165) is 25.7 Å². The topological polar surface area (TPSA) is 108 Å². The molecule has 8 heteroatoms. The van der Waals surface area contributed by atoms with Gasteiger partial charge in [0.15, 0.2) is 0 Å². The van der Waals surface area contributed by atoms with Crippen LogP contribution in [0.2, 0.25) is 0 Å². The number of carbonyl (C=O) groups is 1. The molecule has 1 aromatic carbocycles. The Balaban J connectivity index is 1.60. The average Bonchev–Trinajstić information content (AvgIpc) is 3.09. The number of amides is 1. The van der Waals surface area contributed by atoms with Gasteiger partial charge in [0.2, 0.25) is 5.72 Å². The molecule has 134 valence electrons. The Bertz CT molecular complexity index is 706. The Morgan fingerprint density at radius 3 is 2.76 bits per heavy atom. The van der Waals surface area contributed by atoms with E-state index in [1.165, 1.54) is 18.6 Å². The largest absolute Gasteiger partial charge is 0.366 e. The highest BCUT2D eigenvalue weighted by Gasteiger charge is 2.61. The molecule has 25 heavy (non-hydrogen) atoms. The number of benzene rings is 1. The van der Waals surface area contributed by atoms with Crippen LogP contribution in [0.15, 0.2) is 24.3 Å². The van der Waals surface area contributed by atoms with E-state index < -0.39 is 10.6 Å². The predicted octanol–water partition coefficient (Wildman–Crippen LogP) is 1.22. The van der Waals surface area contributed by atoms with Crippen LogP contribution in [0.25, 0.3) is 0 Å². The highest BCUT2D eigenvalue weighted by molar-refractivity contribution is 5.88. The van der Waals surface area contributed by atoms with Crippen LogP contribution in [0, 0.1) is 16.0 Å². The van der Waals surface area contributed by atoms with Crippen molar-refractivity contribution in [3.63, 3.8) is 0 Å². The van der Waals surface area contributed by atoms with Gasteiger partial charge in [0.25, 0.3) is 11.6 Å². The summed E-state index contributed by atoms with van der Waals surface area (Å²) >= 11 is 0. The van der Waals surface area contributed by atoms with Crippen molar-refractivity contribution in [2.45, 2.75) is 49.9 Å². The molecular formula is C17H22N4O4. The van der Waals surface area contributed by atoms with E-state index in [4.69, 9.17) is 0 Å². The third-order valence-corrected chi connectivity index (χ3v) is 5.79. The molecule has 4 rings (SSSR count). The summed E-state index contributed by atoms with van der Waals surface area (Å²) in [6.45, 7) is 0.452. The van der Waals surface area contributed by atoms with Crippen molar-refractivity contribution < 1.29 is 14.8 Å². The fraction of sp³-hybridized carbons (Fsp3) is 0.588. The van der Waals surface area contributed by atoms with Gasteiger partial charge in [0.05, 0.1) is 16.9 Å². The van der Waals surface area contributed by atoms with Crippen LogP contribution in [-0.4, -0.2) is 39.1 Å². The molecule has 1 aliphatic carbocycles. The Morgan fingerprint density at radius 2 is 2.04 bits per heavy atom. The smallest absolute Gasteiger partial charge is 0.271 e. The fourth-order valence-electron chi connectivity index (χ4n) is 4.44. The summed E-state index contributed by atoms with van der Waals surface area (Å²) in [7, 11) is 0. The number of nitro groups is 1. The number of nitrogens with one attached hydrogen (secondary N) is 2. The summed E-state index contributed by atoms with van der Waals surface area (Å²) in [5, 5.41) is 21.9. The van der Waals surface area contributed by atoms with Crippen molar-refractivity contribution in [1.82, 2.24) is 15.8 Å². The van der Waals surface area contributed by atoms with Crippen molar-refractivity contribution in [2.75, 3.05) is 6.54 Å². The molecule has 0 aromatic heterocycles. The zero-order valence-corrected chi connectivity index (χ0v) is 13.9. The van der Waals surface area contributed by atoms with Gasteiger partial charge in [-0.25, -0.2) is 10.9 Å². The Labute approximate surface area is 145 Å². The quantitative estimate of drug-likeness (QED) is 0.561. The van der Waals surface area contributed by atoms with Gasteiger partial charge in [-0.05, 0) is 18.4 Å². The molecule has 3 aliphatic rings. The van der Waals surface area contributed by atoms with Gasteiger partial charge in [0.1, 0.15) is 0 Å². The summed E-state index contributed by atoms with van der Waals surface area (Å²) in [4.78, 5) is 25.2. The zero-order valence-electron chi connectivity index (χ0n) is 13.9. The van der Waals surface area contributed by atoms with E-state index in [2.05, 4.69) is 10.9 Å². The standard InChI is InChI=1S/C17H22N4O4/c22-16-17(23)14(10-20(16)12-6-2-1-3-7-12)15(18-19-17)11-5-4-8-13(9-11)21(24)25/h4-5,8-9,12,14-15,18-19,23H,1-3,6-7,10H2/t14-,15+,17-/m1/s1. The van der Waals surface area contributed by atoms with Crippen LogP contribution in [0.3, 0.4) is 0 Å². The lowest BCUT2D eigenvalue weighted by molar-refractivity contribution is -0.384. The maximum absolute atomic E-state index is 12.8. The van der Waals surface area contributed by atoms with Crippen molar-refractivity contribution in [3.8, 4) is 0 Å². The lowest BCUT2D eigenvalue weighted by atomic mass is 9.89. The van der Waals surface area contributed by atoms with Crippen LogP contribution < -0.4 is 10.9 Å². The first-order valence-electron chi connectivity index (χ1n) is 8.81. The van der Waals surface area contributed by atoms with Gasteiger partial charge >= 0.3 is 0 Å². The van der Waals surface area contributed by atoms with E-state index in [9.17, 15) is 20.0 Å². The number of non-ortho nitro benzene ring substituents is 1. The summed E-state index contributed by atoms with van der Waals surface area (Å²) in [5.41, 5.74) is 4.77. The average molecular weight is 346 g/mol. The van der Waals surface area contributed by atoms with Crippen molar-refractivity contribution >= 4 is 11.6 Å². The number of likely N-dealkylation sites (tertiary alicyclic amines) is 1. The summed E-state index contributed by atoms with van der Waals surface area (Å²) in [5.74, 6) is -0.672. The molecule has 0 unspecified atom stereocenters. The van der Waals surface area contributed by atoms with Crippen LogP contribution >= 0.6 is 0 Å². The van der Waals surface area contributed by atoms with Crippen LogP contribution in [0.1, 0.15) is 43.7 Å². The van der Waals surface area contributed by atoms with Gasteiger partial charge < -0.3 is 10.0 Å². The number of hydrogen-bond acceptors (Lipinski definition) is 6. The minimum atomic E-state index is -1.65. The molecule has 3 N–H and O–H groups in total. The Hall–Kier alpha value is -2.03. The lowest BCUT2D eigenvalue weighted by Gasteiger charge is -2.32. The van der Waals surface area contributed by atoms with Crippen LogP contribution in [0.5, 0.6) is 0 Å². The van der Waals surface area contributed by atoms with E-state index in [1.54, 1.807) is 12.1 Å². The predicted molar refractivity (Wildman–Crippen MR) is 89.1 cm³/mol. The molecule has 2 aliphatic heterocycles. The van der Waals surface area contributed by atoms with Crippen molar-refractivity contribution in [2.24, 2.45) is 5.92 Å². The number of rotatable bonds is 3. The van der Waals surface area contributed by atoms with E-state index in [0.29, 0.717) is 12.1 Å². The molecule has 1 saturated carbocycles. The van der Waals surface area contributed by atoms with Crippen LogP contribution in [-0.2, 0) is 4.79 Å². The summed E-state index contributed by atoms with van der Waals surface area (Å²) < 4.78 is 0. The molecule has 2 heterocycles. The second-order valence-electron chi connectivity index (χ2n) is 7.22. The highest BCUT2D eigenvalue weighted by atomic mass is 16.6. The van der Waals surface area contributed by atoms with E-state index in [1.807, 2.05) is 4.90 Å². The number of hydrogen-bond donors (Lipinski definition) is 3. The number of nitro benzene ring substituents is 1. The number of hydrazine groups is 1. The molecule has 0 radical (unpaired) electrons. The molecule has 0 bridgehead atoms. The third kappa shape index (κ3) is 2.61. The molecule has 1 amide bonds. The number of carbonyl (C=O) groups excluding carboxylic acids is 1. The maximum atomic E-state index is 12.8. The number of aliphatic hydroxyl groups is 1. The Kier molecular flexibility index (Phi) is 3.98. The van der Waals surface area contributed by atoms with Crippen molar-refractivity contribution in [1.29, 1.82) is 0 Å². The third-order valence-electron chi connectivity index (χ3n) is 5.79. The molecule has 8 nitrogen and oxygen atoms in total.